The fourth-order valence-electron chi connectivity index (χ4n) is 10.7. The molecule has 4 unspecified atom stereocenters. The average molecular weight is 868 g/mol. The first kappa shape index (κ1) is 40.1. The summed E-state index contributed by atoms with van der Waals surface area (Å²) in [6.07, 6.45) is 3.84. The lowest BCUT2D eigenvalue weighted by Crippen LogP contribution is -2.55. The van der Waals surface area contributed by atoms with Crippen LogP contribution in [0.2, 0.25) is 5.02 Å². The van der Waals surface area contributed by atoms with E-state index in [1.807, 2.05) is 36.1 Å². The van der Waals surface area contributed by atoms with Crippen LogP contribution in [0, 0.1) is 32.5 Å². The van der Waals surface area contributed by atoms with Crippen molar-refractivity contribution in [2.75, 3.05) is 37.6 Å². The van der Waals surface area contributed by atoms with Crippen LogP contribution < -0.4 is 15.5 Å². The number of nitrogens with zero attached hydrogens (tertiary/aromatic N) is 7. The lowest BCUT2D eigenvalue weighted by molar-refractivity contribution is -0.136. The first-order valence-electron chi connectivity index (χ1n) is 21.2. The Morgan fingerprint density at radius 2 is 1.61 bits per heavy atom. The van der Waals surface area contributed by atoms with Gasteiger partial charge < -0.3 is 9.80 Å². The van der Waals surface area contributed by atoms with Crippen molar-refractivity contribution in [3.8, 4) is 5.00 Å². The fourth-order valence-corrected chi connectivity index (χ4v) is 12.0. The number of likely N-dealkylation sites (tertiary alicyclic amines) is 2. The second-order valence-corrected chi connectivity index (χ2v) is 19.1. The fraction of sp³-hybridized carbons (Fsp3) is 0.477. The number of benzene rings is 2. The molecule has 10 rings (SSSR count). The number of halogens is 2. The lowest BCUT2D eigenvalue weighted by Gasteiger charge is -2.44. The summed E-state index contributed by atoms with van der Waals surface area (Å²) in [6.45, 7) is 9.96. The third kappa shape index (κ3) is 6.86. The summed E-state index contributed by atoms with van der Waals surface area (Å²) in [5.74, 6) is -1.05. The van der Waals surface area contributed by atoms with Crippen LogP contribution in [0.25, 0.3) is 5.00 Å². The molecule has 0 spiro atoms. The molecule has 5 atom stereocenters. The number of aromatic nitrogens is 3. The molecule has 4 saturated heterocycles. The smallest absolute Gasteiger partial charge is 0.262 e. The molecule has 2 bridgehead atoms. The number of thiophene rings is 1. The molecule has 0 saturated carbocycles. The number of imide groups is 2. The maximum Gasteiger partial charge on any atom is 0.262 e. The predicted octanol–water partition coefficient (Wildman–Crippen LogP) is 5.16. The molecule has 5 amide bonds. The summed E-state index contributed by atoms with van der Waals surface area (Å²) < 4.78 is 18.0. The normalized spacial score (nSPS) is 25.5. The quantitative estimate of drug-likeness (QED) is 0.238. The monoisotopic (exact) mass is 867 g/mol. The maximum absolute atomic E-state index is 15.9. The second kappa shape index (κ2) is 15.4. The minimum atomic E-state index is -1.11. The molecule has 4 fully saturated rings. The number of hydrogen-bond donors (Lipinski definition) is 2. The Labute approximate surface area is 361 Å². The Morgan fingerprint density at radius 1 is 0.918 bits per heavy atom. The highest BCUT2D eigenvalue weighted by molar-refractivity contribution is 7.14. The van der Waals surface area contributed by atoms with E-state index in [0.29, 0.717) is 29.7 Å². The standard InChI is InChI=1S/C44H47ClFN9O5S/c1-22-23(2)61-44-38(22)39(26-4-6-27(45)7-5-26)47-33(40-50-49-24(3)53(40)44)18-37(57)52-14-12-25(13-15-52)19-51-20-28-8-9-29(21-51)54(28)35-17-31-30(16-32(35)46)42(59)55(43(31)60)34-10-11-36(56)48-41(34)58/h4-7,16-17,25,28-29,33-34,39,47H,8-15,18-21H2,1-3H3,(H,48,56,58)/t28?,29?,33?,34?,39-/m0/s1. The Morgan fingerprint density at radius 3 is 2.30 bits per heavy atom. The number of nitrogens with one attached hydrogen (secondary N) is 2. The number of hydrogen-bond acceptors (Lipinski definition) is 11. The number of amides is 5. The van der Waals surface area contributed by atoms with Crippen LogP contribution in [0.1, 0.15) is 111 Å². The summed E-state index contributed by atoms with van der Waals surface area (Å²) in [5, 5.41) is 16.9. The van der Waals surface area contributed by atoms with Crippen LogP contribution in [-0.2, 0) is 14.4 Å². The molecule has 2 aromatic heterocycles. The molecule has 2 N–H and O–H groups in total. The summed E-state index contributed by atoms with van der Waals surface area (Å²) >= 11 is 8.03. The van der Waals surface area contributed by atoms with Gasteiger partial charge in [0, 0.05) is 73.1 Å². The van der Waals surface area contributed by atoms with Gasteiger partial charge in [0.1, 0.15) is 22.7 Å². The Hall–Kier alpha value is -5.03. The van der Waals surface area contributed by atoms with Gasteiger partial charge in [-0.05, 0) is 94.2 Å². The van der Waals surface area contributed by atoms with E-state index < -0.39 is 35.5 Å². The van der Waals surface area contributed by atoms with Gasteiger partial charge in [-0.1, -0.05) is 23.7 Å². The highest BCUT2D eigenvalue weighted by atomic mass is 35.5. The number of carbonyl (C=O) groups is 5. The number of carbonyl (C=O) groups excluding carboxylic acids is 5. The Balaban J connectivity index is 0.783. The third-order valence-electron chi connectivity index (χ3n) is 13.8. The number of piperidine rings is 2. The number of aryl methyl sites for hydroxylation is 2. The minimum absolute atomic E-state index is 0.0152. The zero-order valence-electron chi connectivity index (χ0n) is 34.2. The Bertz CT molecular complexity index is 2490. The van der Waals surface area contributed by atoms with Crippen LogP contribution in [0.3, 0.4) is 0 Å². The summed E-state index contributed by atoms with van der Waals surface area (Å²) in [6, 6.07) is 8.95. The van der Waals surface area contributed by atoms with Crippen molar-refractivity contribution in [1.29, 1.82) is 0 Å². The number of anilines is 1. The molecule has 0 aliphatic carbocycles. The molecule has 4 aromatic rings. The van der Waals surface area contributed by atoms with Gasteiger partial charge in [-0.2, -0.15) is 0 Å². The molecule has 61 heavy (non-hydrogen) atoms. The van der Waals surface area contributed by atoms with Crippen LogP contribution in [-0.4, -0.2) is 110 Å². The van der Waals surface area contributed by atoms with Gasteiger partial charge in [0.15, 0.2) is 5.82 Å². The van der Waals surface area contributed by atoms with E-state index in [4.69, 9.17) is 11.6 Å². The van der Waals surface area contributed by atoms with Crippen molar-refractivity contribution in [2.24, 2.45) is 5.92 Å². The molecule has 6 aliphatic heterocycles. The second-order valence-electron chi connectivity index (χ2n) is 17.5. The van der Waals surface area contributed by atoms with Gasteiger partial charge in [0.05, 0.1) is 28.9 Å². The van der Waals surface area contributed by atoms with Crippen LogP contribution in [0.4, 0.5) is 10.1 Å². The van der Waals surface area contributed by atoms with E-state index in [1.54, 1.807) is 11.3 Å². The predicted molar refractivity (Wildman–Crippen MR) is 225 cm³/mol. The highest BCUT2D eigenvalue weighted by Crippen LogP contribution is 2.44. The van der Waals surface area contributed by atoms with Gasteiger partial charge in [0.25, 0.3) is 11.8 Å². The molecule has 8 heterocycles. The van der Waals surface area contributed by atoms with Crippen molar-refractivity contribution >= 4 is 58.2 Å². The van der Waals surface area contributed by atoms with E-state index in [2.05, 4.69) is 49.0 Å². The van der Waals surface area contributed by atoms with Crippen molar-refractivity contribution in [3.63, 3.8) is 0 Å². The van der Waals surface area contributed by atoms with E-state index in [0.717, 1.165) is 78.5 Å². The summed E-state index contributed by atoms with van der Waals surface area (Å²) in [4.78, 5) is 73.9. The molecular formula is C44H47ClFN9O5S. The van der Waals surface area contributed by atoms with Crippen molar-refractivity contribution in [2.45, 2.75) is 95.9 Å². The van der Waals surface area contributed by atoms with Gasteiger partial charge in [-0.25, -0.2) is 4.39 Å². The number of rotatable bonds is 7. The molecule has 318 valence electrons. The lowest BCUT2D eigenvalue weighted by atomic mass is 9.94. The van der Waals surface area contributed by atoms with Crippen LogP contribution >= 0.6 is 22.9 Å². The zero-order chi connectivity index (χ0) is 42.4. The third-order valence-corrected chi connectivity index (χ3v) is 15.3. The number of piperazine rings is 1. The van der Waals surface area contributed by atoms with Gasteiger partial charge >= 0.3 is 0 Å². The largest absolute Gasteiger partial charge is 0.361 e. The van der Waals surface area contributed by atoms with Gasteiger partial charge in [-0.3, -0.25) is 49.0 Å². The van der Waals surface area contributed by atoms with Crippen LogP contribution in [0.15, 0.2) is 36.4 Å². The first-order valence-corrected chi connectivity index (χ1v) is 22.4. The van der Waals surface area contributed by atoms with Crippen molar-refractivity contribution < 1.29 is 28.4 Å². The van der Waals surface area contributed by atoms with Gasteiger partial charge in [0.2, 0.25) is 17.7 Å². The van der Waals surface area contributed by atoms with Crippen molar-refractivity contribution in [3.05, 3.63) is 91.6 Å². The van der Waals surface area contributed by atoms with E-state index >= 15 is 4.39 Å². The van der Waals surface area contributed by atoms with Gasteiger partial charge in [-0.15, -0.1) is 21.5 Å². The molecule has 0 radical (unpaired) electrons. The average Bonchev–Trinajstić information content (AvgIpc) is 3.88. The molecule has 6 aliphatic rings. The first-order chi connectivity index (χ1) is 29.3. The van der Waals surface area contributed by atoms with Crippen LogP contribution in [0.5, 0.6) is 0 Å². The molecule has 14 nitrogen and oxygen atoms in total. The van der Waals surface area contributed by atoms with E-state index in [9.17, 15) is 24.0 Å². The molecular weight excluding hydrogens is 821 g/mol. The summed E-state index contributed by atoms with van der Waals surface area (Å²) in [7, 11) is 0. The topological polar surface area (TPSA) is 153 Å². The molecule has 2 aromatic carbocycles. The zero-order valence-corrected chi connectivity index (χ0v) is 35.8. The van der Waals surface area contributed by atoms with E-state index in [-0.39, 0.29) is 60.5 Å². The van der Waals surface area contributed by atoms with E-state index in [1.165, 1.54) is 22.1 Å². The SMILES string of the molecule is Cc1sc2c(c1C)[C@H](c1ccc(Cl)cc1)NC(CC(=O)N1CCC(CN3CC4CCC(C3)N4c3cc4c(cc3F)C(=O)N(C3CCC(=O)NC3=O)C4=O)CC1)c1nnc(C)n1-2. The highest BCUT2D eigenvalue weighted by Gasteiger charge is 2.47. The number of fused-ring (bicyclic) bond motifs is 6. The molecule has 17 heteroatoms. The maximum atomic E-state index is 15.9. The summed E-state index contributed by atoms with van der Waals surface area (Å²) in [5.41, 5.74) is 3.78. The Kier molecular flexibility index (Phi) is 10.1. The minimum Gasteiger partial charge on any atom is -0.361 e. The van der Waals surface area contributed by atoms with Crippen molar-refractivity contribution in [1.82, 2.24) is 40.1 Å².